The monoisotopic (exact) mass is 315 g/mol. The summed E-state index contributed by atoms with van der Waals surface area (Å²) in [5.74, 6) is 0.262. The van der Waals surface area contributed by atoms with Crippen molar-refractivity contribution in [1.82, 2.24) is 0 Å². The molecule has 80 valence electrons. The van der Waals surface area contributed by atoms with Crippen molar-refractivity contribution in [2.24, 2.45) is 0 Å². The molecule has 1 aliphatic heterocycles. The van der Waals surface area contributed by atoms with Gasteiger partial charge < -0.3 is 4.90 Å². The first kappa shape index (κ1) is 10.9. The third-order valence-corrected chi connectivity index (χ3v) is 3.38. The largest absolute Gasteiger partial charge is 0.312 e. The lowest BCUT2D eigenvalue weighted by molar-refractivity contribution is -0.118. The van der Waals surface area contributed by atoms with Gasteiger partial charge in [-0.15, -0.1) is 0 Å². The third-order valence-electron chi connectivity index (χ3n) is 2.71. The van der Waals surface area contributed by atoms with Gasteiger partial charge in [-0.2, -0.15) is 0 Å². The van der Waals surface area contributed by atoms with Crippen molar-refractivity contribution in [1.29, 1.82) is 0 Å². The second-order valence-corrected chi connectivity index (χ2v) is 5.06. The predicted octanol–water partition coefficient (Wildman–Crippen LogP) is 2.98. The first-order chi connectivity index (χ1) is 7.22. The molecule has 0 atom stereocenters. The molecule has 1 aromatic carbocycles. The summed E-state index contributed by atoms with van der Waals surface area (Å²) in [6.45, 7) is 2.90. The Balaban J connectivity index is 2.27. The van der Waals surface area contributed by atoms with Gasteiger partial charge >= 0.3 is 0 Å². The number of rotatable bonds is 2. The Bertz CT molecular complexity index is 389. The molecule has 0 unspecified atom stereocenters. The first-order valence-corrected chi connectivity index (χ1v) is 6.39. The van der Waals surface area contributed by atoms with Gasteiger partial charge in [-0.1, -0.05) is 13.0 Å². The molecule has 2 nitrogen and oxygen atoms in total. The van der Waals surface area contributed by atoms with Crippen LogP contribution in [0.4, 0.5) is 5.69 Å². The lowest BCUT2D eigenvalue weighted by atomic mass is 10.2. The van der Waals surface area contributed by atoms with Crippen molar-refractivity contribution in [3.63, 3.8) is 0 Å². The molecule has 3 heteroatoms. The van der Waals surface area contributed by atoms with Gasteiger partial charge in [0.25, 0.3) is 0 Å². The van der Waals surface area contributed by atoms with Crippen LogP contribution in [0.3, 0.4) is 0 Å². The van der Waals surface area contributed by atoms with Gasteiger partial charge in [0.1, 0.15) is 0 Å². The topological polar surface area (TPSA) is 20.3 Å². The van der Waals surface area contributed by atoms with Crippen molar-refractivity contribution in [3.8, 4) is 0 Å². The summed E-state index contributed by atoms with van der Waals surface area (Å²) in [7, 11) is 0. The molecule has 0 saturated carbocycles. The highest BCUT2D eigenvalue weighted by molar-refractivity contribution is 14.1. The summed E-state index contributed by atoms with van der Waals surface area (Å²) >= 11 is 2.29. The Morgan fingerprint density at radius 3 is 3.07 bits per heavy atom. The Hall–Kier alpha value is -0.580. The van der Waals surface area contributed by atoms with Crippen LogP contribution in [0.15, 0.2) is 18.2 Å². The Morgan fingerprint density at radius 2 is 2.33 bits per heavy atom. The Kier molecular flexibility index (Phi) is 3.29. The van der Waals surface area contributed by atoms with Gasteiger partial charge in [-0.05, 0) is 53.1 Å². The highest BCUT2D eigenvalue weighted by atomic mass is 127. The molecule has 0 fully saturated rings. The van der Waals surface area contributed by atoms with Crippen molar-refractivity contribution in [2.45, 2.75) is 26.2 Å². The third kappa shape index (κ3) is 2.17. The smallest absolute Gasteiger partial charge is 0.226 e. The van der Waals surface area contributed by atoms with Crippen molar-refractivity contribution < 1.29 is 4.79 Å². The summed E-state index contributed by atoms with van der Waals surface area (Å²) in [6, 6.07) is 6.35. The predicted molar refractivity (Wildman–Crippen MR) is 70.1 cm³/mol. The van der Waals surface area contributed by atoms with E-state index in [0.717, 1.165) is 25.1 Å². The molecule has 0 aromatic heterocycles. The fraction of sp³-hybridized carbons (Fsp3) is 0.417. The quantitative estimate of drug-likeness (QED) is 0.769. The second-order valence-electron chi connectivity index (χ2n) is 3.82. The van der Waals surface area contributed by atoms with Crippen LogP contribution in [0, 0.1) is 3.57 Å². The van der Waals surface area contributed by atoms with E-state index in [9.17, 15) is 4.79 Å². The number of hydrogen-bond donors (Lipinski definition) is 0. The van der Waals surface area contributed by atoms with Crippen LogP contribution < -0.4 is 4.90 Å². The maximum Gasteiger partial charge on any atom is 0.226 e. The first-order valence-electron chi connectivity index (χ1n) is 5.31. The van der Waals surface area contributed by atoms with E-state index in [2.05, 4.69) is 40.8 Å². The standard InChI is InChI=1S/C12H14INO/c1-2-3-12(15)14-7-6-9-4-5-10(13)8-11(9)14/h4-5,8H,2-3,6-7H2,1H3. The summed E-state index contributed by atoms with van der Waals surface area (Å²) in [4.78, 5) is 13.8. The van der Waals surface area contributed by atoms with Gasteiger partial charge in [0.05, 0.1) is 0 Å². The summed E-state index contributed by atoms with van der Waals surface area (Å²) in [5.41, 5.74) is 2.43. The molecule has 1 amide bonds. The average Bonchev–Trinajstić information content (AvgIpc) is 2.60. The van der Waals surface area contributed by atoms with Gasteiger partial charge in [-0.25, -0.2) is 0 Å². The fourth-order valence-corrected chi connectivity index (χ4v) is 2.44. The number of amides is 1. The zero-order chi connectivity index (χ0) is 10.8. The minimum absolute atomic E-state index is 0.262. The van der Waals surface area contributed by atoms with E-state index in [1.54, 1.807) is 0 Å². The van der Waals surface area contributed by atoms with Crippen molar-refractivity contribution in [3.05, 3.63) is 27.3 Å². The summed E-state index contributed by atoms with van der Waals surface area (Å²) < 4.78 is 1.20. The van der Waals surface area contributed by atoms with Crippen LogP contribution in [0.5, 0.6) is 0 Å². The molecule has 2 rings (SSSR count). The lowest BCUT2D eigenvalue weighted by Gasteiger charge is -2.17. The zero-order valence-corrected chi connectivity index (χ0v) is 11.0. The molecule has 0 aliphatic carbocycles. The van der Waals surface area contributed by atoms with Gasteiger partial charge in [0.2, 0.25) is 5.91 Å². The number of hydrogen-bond acceptors (Lipinski definition) is 1. The molecule has 15 heavy (non-hydrogen) atoms. The number of nitrogens with zero attached hydrogens (tertiary/aromatic N) is 1. The normalized spacial score (nSPS) is 14.1. The number of carbonyl (C=O) groups excluding carboxylic acids is 1. The maximum absolute atomic E-state index is 11.8. The highest BCUT2D eigenvalue weighted by Gasteiger charge is 2.23. The van der Waals surface area contributed by atoms with E-state index in [1.807, 2.05) is 11.8 Å². The minimum Gasteiger partial charge on any atom is -0.312 e. The van der Waals surface area contributed by atoms with Crippen molar-refractivity contribution in [2.75, 3.05) is 11.4 Å². The number of anilines is 1. The number of carbonyl (C=O) groups is 1. The summed E-state index contributed by atoms with van der Waals surface area (Å²) in [5, 5.41) is 0. The van der Waals surface area contributed by atoms with Gasteiger partial charge in [-0.3, -0.25) is 4.79 Å². The van der Waals surface area contributed by atoms with Crippen LogP contribution in [0.25, 0.3) is 0 Å². The minimum atomic E-state index is 0.262. The summed E-state index contributed by atoms with van der Waals surface area (Å²) in [6.07, 6.45) is 2.58. The van der Waals surface area contributed by atoms with Crippen LogP contribution in [0.1, 0.15) is 25.3 Å². The molecule has 1 heterocycles. The molecule has 0 bridgehead atoms. The Labute approximate surface area is 104 Å². The number of benzene rings is 1. The molecule has 0 spiro atoms. The van der Waals surface area contributed by atoms with E-state index in [1.165, 1.54) is 9.13 Å². The molecule has 1 aliphatic rings. The van der Waals surface area contributed by atoms with Crippen LogP contribution in [-0.4, -0.2) is 12.5 Å². The van der Waals surface area contributed by atoms with Crippen LogP contribution in [-0.2, 0) is 11.2 Å². The van der Waals surface area contributed by atoms with E-state index < -0.39 is 0 Å². The number of halogens is 1. The zero-order valence-electron chi connectivity index (χ0n) is 8.79. The molecule has 0 radical (unpaired) electrons. The molecular formula is C12H14INO. The number of fused-ring (bicyclic) bond motifs is 1. The van der Waals surface area contributed by atoms with E-state index in [4.69, 9.17) is 0 Å². The molecular weight excluding hydrogens is 301 g/mol. The van der Waals surface area contributed by atoms with Gasteiger partial charge in [0.15, 0.2) is 0 Å². The second kappa shape index (κ2) is 4.51. The average molecular weight is 315 g/mol. The SMILES string of the molecule is CCCC(=O)N1CCc2ccc(I)cc21. The fourth-order valence-electron chi connectivity index (χ4n) is 1.96. The maximum atomic E-state index is 11.8. The van der Waals surface area contributed by atoms with Gasteiger partial charge in [0, 0.05) is 22.2 Å². The molecule has 0 N–H and O–H groups in total. The van der Waals surface area contributed by atoms with E-state index in [-0.39, 0.29) is 5.91 Å². The van der Waals surface area contributed by atoms with Crippen LogP contribution >= 0.6 is 22.6 Å². The van der Waals surface area contributed by atoms with E-state index in [0.29, 0.717) is 6.42 Å². The van der Waals surface area contributed by atoms with Crippen LogP contribution in [0.2, 0.25) is 0 Å². The highest BCUT2D eigenvalue weighted by Crippen LogP contribution is 2.30. The molecule has 0 saturated heterocycles. The molecule has 1 aromatic rings. The Morgan fingerprint density at radius 1 is 1.53 bits per heavy atom. The van der Waals surface area contributed by atoms with E-state index >= 15 is 0 Å². The van der Waals surface area contributed by atoms with Crippen molar-refractivity contribution >= 4 is 34.2 Å². The lowest BCUT2D eigenvalue weighted by Crippen LogP contribution is -2.28.